The van der Waals surface area contributed by atoms with Crippen LogP contribution >= 0.6 is 0 Å². The van der Waals surface area contributed by atoms with E-state index in [1.165, 1.54) is 7.11 Å². The molecule has 6 heteroatoms. The van der Waals surface area contributed by atoms with Crippen molar-refractivity contribution in [1.29, 1.82) is 0 Å². The maximum absolute atomic E-state index is 12.4. The summed E-state index contributed by atoms with van der Waals surface area (Å²) in [5.41, 5.74) is 5.72. The number of hydrogen-bond donors (Lipinski definition) is 1. The summed E-state index contributed by atoms with van der Waals surface area (Å²) in [5.74, 6) is 0.304. The second-order valence-corrected chi connectivity index (χ2v) is 5.74. The molecule has 0 aromatic rings. The van der Waals surface area contributed by atoms with E-state index in [0.29, 0.717) is 45.2 Å². The van der Waals surface area contributed by atoms with Gasteiger partial charge < -0.3 is 15.4 Å². The average Bonchev–Trinajstić information content (AvgIpc) is 2.44. The molecule has 20 heavy (non-hydrogen) atoms. The second-order valence-electron chi connectivity index (χ2n) is 5.74. The lowest BCUT2D eigenvalue weighted by atomic mass is 9.95. The van der Waals surface area contributed by atoms with Crippen LogP contribution < -0.4 is 5.73 Å². The van der Waals surface area contributed by atoms with Crippen LogP contribution in [0.4, 0.5) is 0 Å². The van der Waals surface area contributed by atoms with Crippen molar-refractivity contribution in [1.82, 2.24) is 9.80 Å². The van der Waals surface area contributed by atoms with Crippen LogP contribution in [0.15, 0.2) is 0 Å². The van der Waals surface area contributed by atoms with E-state index in [9.17, 15) is 9.59 Å². The molecule has 0 radical (unpaired) electrons. The molecule has 2 N–H and O–H groups in total. The molecule has 6 nitrogen and oxygen atoms in total. The fraction of sp³-hybridized carbons (Fsp3) is 0.857. The van der Waals surface area contributed by atoms with Gasteiger partial charge >= 0.3 is 5.97 Å². The number of ether oxygens (including phenoxy) is 1. The fourth-order valence-electron chi connectivity index (χ4n) is 2.50. The minimum Gasteiger partial charge on any atom is -0.468 e. The van der Waals surface area contributed by atoms with Crippen molar-refractivity contribution in [2.24, 2.45) is 17.6 Å². The van der Waals surface area contributed by atoms with Crippen molar-refractivity contribution in [2.45, 2.75) is 20.3 Å². The summed E-state index contributed by atoms with van der Waals surface area (Å²) in [6, 6.07) is 0. The Morgan fingerprint density at radius 2 is 1.80 bits per heavy atom. The van der Waals surface area contributed by atoms with Gasteiger partial charge in [-0.2, -0.15) is 0 Å². The lowest BCUT2D eigenvalue weighted by molar-refractivity contribution is -0.143. The van der Waals surface area contributed by atoms with Gasteiger partial charge in [-0.1, -0.05) is 13.8 Å². The van der Waals surface area contributed by atoms with E-state index in [4.69, 9.17) is 5.73 Å². The first-order chi connectivity index (χ1) is 9.47. The monoisotopic (exact) mass is 285 g/mol. The summed E-state index contributed by atoms with van der Waals surface area (Å²) in [5, 5.41) is 0. The van der Waals surface area contributed by atoms with Gasteiger partial charge in [-0.15, -0.1) is 0 Å². The molecule has 0 saturated carbocycles. The summed E-state index contributed by atoms with van der Waals surface area (Å²) in [6.45, 7) is 7.63. The molecule has 1 heterocycles. The third kappa shape index (κ3) is 5.09. The predicted octanol–water partition coefficient (Wildman–Crippen LogP) is -0.0754. The van der Waals surface area contributed by atoms with Crippen molar-refractivity contribution in [2.75, 3.05) is 46.4 Å². The molecule has 0 bridgehead atoms. The zero-order chi connectivity index (χ0) is 15.1. The van der Waals surface area contributed by atoms with Gasteiger partial charge in [0.15, 0.2) is 0 Å². The first-order valence-corrected chi connectivity index (χ1v) is 7.26. The fourth-order valence-corrected chi connectivity index (χ4v) is 2.50. The molecule has 1 rings (SSSR count). The maximum Gasteiger partial charge on any atom is 0.319 e. The number of rotatable bonds is 6. The first-order valence-electron chi connectivity index (χ1n) is 7.26. The summed E-state index contributed by atoms with van der Waals surface area (Å²) >= 11 is 0. The van der Waals surface area contributed by atoms with E-state index < -0.39 is 0 Å². The van der Waals surface area contributed by atoms with Crippen molar-refractivity contribution < 1.29 is 14.3 Å². The molecule has 0 aromatic carbocycles. The lowest BCUT2D eigenvalue weighted by Crippen LogP contribution is -2.52. The Balaban J connectivity index is 2.43. The van der Waals surface area contributed by atoms with Gasteiger partial charge in [-0.05, 0) is 12.3 Å². The van der Waals surface area contributed by atoms with Gasteiger partial charge in [0.05, 0.1) is 19.6 Å². The van der Waals surface area contributed by atoms with Crippen LogP contribution in [0, 0.1) is 11.8 Å². The molecule has 1 amide bonds. The molecule has 1 aliphatic rings. The average molecular weight is 285 g/mol. The molecular weight excluding hydrogens is 258 g/mol. The van der Waals surface area contributed by atoms with Gasteiger partial charge in [-0.3, -0.25) is 14.5 Å². The van der Waals surface area contributed by atoms with Crippen LogP contribution in [-0.2, 0) is 14.3 Å². The van der Waals surface area contributed by atoms with Gasteiger partial charge in [0.25, 0.3) is 0 Å². The van der Waals surface area contributed by atoms with Crippen LogP contribution in [-0.4, -0.2) is 68.1 Å². The molecular formula is C14H27N3O3. The molecule has 1 aliphatic heterocycles. The zero-order valence-corrected chi connectivity index (χ0v) is 12.8. The molecule has 0 aromatic heterocycles. The topological polar surface area (TPSA) is 75.9 Å². The smallest absolute Gasteiger partial charge is 0.319 e. The molecule has 116 valence electrons. The Bertz CT molecular complexity index is 326. The van der Waals surface area contributed by atoms with Gasteiger partial charge in [-0.25, -0.2) is 0 Å². The van der Waals surface area contributed by atoms with Crippen molar-refractivity contribution in [3.05, 3.63) is 0 Å². The number of carbonyl (C=O) groups is 2. The van der Waals surface area contributed by atoms with Crippen LogP contribution in [0.3, 0.4) is 0 Å². The largest absolute Gasteiger partial charge is 0.468 e. The third-order valence-electron chi connectivity index (χ3n) is 3.65. The first kappa shape index (κ1) is 16.9. The normalized spacial score (nSPS) is 18.1. The van der Waals surface area contributed by atoms with E-state index in [-0.39, 0.29) is 17.8 Å². The number of carbonyl (C=O) groups excluding carboxylic acids is 2. The quantitative estimate of drug-likeness (QED) is 0.691. The summed E-state index contributed by atoms with van der Waals surface area (Å²) in [7, 11) is 1.39. The predicted molar refractivity (Wildman–Crippen MR) is 77.0 cm³/mol. The number of hydrogen-bond acceptors (Lipinski definition) is 5. The van der Waals surface area contributed by atoms with Gasteiger partial charge in [0.1, 0.15) is 0 Å². The number of nitrogens with two attached hydrogens (primary N) is 1. The molecule has 1 atom stereocenters. The minimum absolute atomic E-state index is 0.0813. The Kier molecular flexibility index (Phi) is 6.95. The van der Waals surface area contributed by atoms with E-state index in [1.54, 1.807) is 0 Å². The summed E-state index contributed by atoms with van der Waals surface area (Å²) in [6.07, 6.45) is 0.831. The Morgan fingerprint density at radius 3 is 2.25 bits per heavy atom. The number of methoxy groups -OCH3 is 1. The van der Waals surface area contributed by atoms with Crippen LogP contribution in [0.5, 0.6) is 0 Å². The van der Waals surface area contributed by atoms with Crippen molar-refractivity contribution in [3.63, 3.8) is 0 Å². The molecule has 1 saturated heterocycles. The van der Waals surface area contributed by atoms with Gasteiger partial charge in [0, 0.05) is 32.7 Å². The second kappa shape index (κ2) is 8.21. The van der Waals surface area contributed by atoms with Crippen LogP contribution in [0.25, 0.3) is 0 Å². The maximum atomic E-state index is 12.4. The van der Waals surface area contributed by atoms with E-state index in [0.717, 1.165) is 6.42 Å². The molecule has 1 unspecified atom stereocenters. The summed E-state index contributed by atoms with van der Waals surface area (Å²) < 4.78 is 4.65. The van der Waals surface area contributed by atoms with Crippen molar-refractivity contribution in [3.8, 4) is 0 Å². The molecule has 1 fully saturated rings. The number of esters is 1. The van der Waals surface area contributed by atoms with Crippen LogP contribution in [0.1, 0.15) is 20.3 Å². The van der Waals surface area contributed by atoms with Gasteiger partial charge in [0.2, 0.25) is 5.91 Å². The highest BCUT2D eigenvalue weighted by molar-refractivity contribution is 5.79. The highest BCUT2D eigenvalue weighted by Gasteiger charge is 2.27. The third-order valence-corrected chi connectivity index (χ3v) is 3.65. The number of amides is 1. The Labute approximate surface area is 121 Å². The highest BCUT2D eigenvalue weighted by Crippen LogP contribution is 2.15. The summed E-state index contributed by atoms with van der Waals surface area (Å²) in [4.78, 5) is 27.5. The Morgan fingerprint density at radius 1 is 1.20 bits per heavy atom. The standard InChI is InChI=1S/C14H27N3O3/c1-11(2)8-12(9-15)14(19)17-6-4-16(5-7-17)10-13(18)20-3/h11-12H,4-10,15H2,1-3H3. The van der Waals surface area contributed by atoms with Crippen LogP contribution in [0.2, 0.25) is 0 Å². The number of piperazine rings is 1. The minimum atomic E-state index is -0.232. The lowest BCUT2D eigenvalue weighted by Gasteiger charge is -2.36. The van der Waals surface area contributed by atoms with E-state index in [1.807, 2.05) is 9.80 Å². The molecule has 0 spiro atoms. The van der Waals surface area contributed by atoms with E-state index >= 15 is 0 Å². The number of nitrogens with zero attached hydrogens (tertiary/aromatic N) is 2. The van der Waals surface area contributed by atoms with Crippen molar-refractivity contribution >= 4 is 11.9 Å². The van der Waals surface area contributed by atoms with E-state index in [2.05, 4.69) is 18.6 Å². The SMILES string of the molecule is COC(=O)CN1CCN(C(=O)C(CN)CC(C)C)CC1. The highest BCUT2D eigenvalue weighted by atomic mass is 16.5. The Hall–Kier alpha value is -1.14. The molecule has 0 aliphatic carbocycles. The zero-order valence-electron chi connectivity index (χ0n) is 12.8.